The molecule has 0 fully saturated rings. The zero-order valence-corrected chi connectivity index (χ0v) is 12.1. The van der Waals surface area contributed by atoms with Crippen molar-refractivity contribution >= 4 is 0 Å². The zero-order chi connectivity index (χ0) is 13.8. The predicted octanol–water partition coefficient (Wildman–Crippen LogP) is 2.28. The van der Waals surface area contributed by atoms with Crippen molar-refractivity contribution in [3.63, 3.8) is 0 Å². The third-order valence-corrected chi connectivity index (χ3v) is 3.47. The van der Waals surface area contributed by atoms with Gasteiger partial charge in [-0.25, -0.2) is 0 Å². The summed E-state index contributed by atoms with van der Waals surface area (Å²) in [6.45, 7) is 6.51. The first kappa shape index (κ1) is 14.2. The molecule has 1 heterocycles. The summed E-state index contributed by atoms with van der Waals surface area (Å²) in [6.07, 6.45) is 2.21. The molecule has 1 atom stereocenters. The Balaban J connectivity index is 1.91. The Bertz CT molecular complexity index is 432. The minimum atomic E-state index is 0.292. The second-order valence-electron chi connectivity index (χ2n) is 5.49. The van der Waals surface area contributed by atoms with Crippen molar-refractivity contribution in [3.8, 4) is 11.5 Å². The van der Waals surface area contributed by atoms with Gasteiger partial charge in [-0.3, -0.25) is 0 Å². The normalized spacial score (nSPS) is 15.0. The summed E-state index contributed by atoms with van der Waals surface area (Å²) in [5.74, 6) is 1.73. The highest BCUT2D eigenvalue weighted by Gasteiger charge is 2.16. The molecule has 2 rings (SSSR count). The van der Waals surface area contributed by atoms with Crippen LogP contribution in [0.15, 0.2) is 12.1 Å². The summed E-state index contributed by atoms with van der Waals surface area (Å²) in [5, 5.41) is 0. The third kappa shape index (κ3) is 3.85. The van der Waals surface area contributed by atoms with Crippen molar-refractivity contribution in [3.05, 3.63) is 23.3 Å². The van der Waals surface area contributed by atoms with Crippen molar-refractivity contribution in [2.75, 3.05) is 20.4 Å². The van der Waals surface area contributed by atoms with Gasteiger partial charge < -0.3 is 20.1 Å². The summed E-state index contributed by atoms with van der Waals surface area (Å²) in [5.41, 5.74) is 8.32. The Kier molecular flexibility index (Phi) is 4.66. The van der Waals surface area contributed by atoms with Gasteiger partial charge in [-0.2, -0.15) is 0 Å². The topological polar surface area (TPSA) is 47.7 Å². The maximum Gasteiger partial charge on any atom is 0.231 e. The maximum atomic E-state index is 5.77. The van der Waals surface area contributed by atoms with Crippen LogP contribution in [0.5, 0.6) is 11.5 Å². The molecule has 0 aliphatic carbocycles. The van der Waals surface area contributed by atoms with E-state index < -0.39 is 0 Å². The molecule has 1 aliphatic heterocycles. The molecule has 0 radical (unpaired) electrons. The van der Waals surface area contributed by atoms with Gasteiger partial charge >= 0.3 is 0 Å². The van der Waals surface area contributed by atoms with Crippen molar-refractivity contribution in [2.45, 2.75) is 39.3 Å². The van der Waals surface area contributed by atoms with E-state index in [1.165, 1.54) is 11.1 Å². The van der Waals surface area contributed by atoms with Crippen molar-refractivity contribution in [1.29, 1.82) is 0 Å². The smallest absolute Gasteiger partial charge is 0.231 e. The monoisotopic (exact) mass is 264 g/mol. The number of fused-ring (bicyclic) bond motifs is 1. The molecule has 1 aliphatic rings. The van der Waals surface area contributed by atoms with Crippen molar-refractivity contribution in [1.82, 2.24) is 4.90 Å². The third-order valence-electron chi connectivity index (χ3n) is 3.47. The molecule has 0 saturated carbocycles. The van der Waals surface area contributed by atoms with Crippen LogP contribution >= 0.6 is 0 Å². The van der Waals surface area contributed by atoms with E-state index in [1.54, 1.807) is 0 Å². The Morgan fingerprint density at radius 3 is 2.68 bits per heavy atom. The van der Waals surface area contributed by atoms with E-state index in [4.69, 9.17) is 15.2 Å². The summed E-state index contributed by atoms with van der Waals surface area (Å²) < 4.78 is 10.8. The largest absolute Gasteiger partial charge is 0.454 e. The molecule has 19 heavy (non-hydrogen) atoms. The zero-order valence-electron chi connectivity index (χ0n) is 12.1. The van der Waals surface area contributed by atoms with E-state index in [1.807, 2.05) is 0 Å². The van der Waals surface area contributed by atoms with Gasteiger partial charge in [0.1, 0.15) is 0 Å². The molecule has 106 valence electrons. The average Bonchev–Trinajstić information content (AvgIpc) is 2.76. The number of benzene rings is 1. The van der Waals surface area contributed by atoms with Crippen LogP contribution in [0.4, 0.5) is 0 Å². The Labute approximate surface area is 115 Å². The molecule has 0 amide bonds. The average molecular weight is 264 g/mol. The van der Waals surface area contributed by atoms with Gasteiger partial charge in [0.15, 0.2) is 11.5 Å². The highest BCUT2D eigenvalue weighted by molar-refractivity contribution is 5.48. The fourth-order valence-electron chi connectivity index (χ4n) is 2.31. The highest BCUT2D eigenvalue weighted by atomic mass is 16.7. The Morgan fingerprint density at radius 2 is 2.00 bits per heavy atom. The molecule has 2 N–H and O–H groups in total. The fraction of sp³-hybridized carbons (Fsp3) is 0.600. The van der Waals surface area contributed by atoms with Gasteiger partial charge in [-0.1, -0.05) is 0 Å². The molecule has 1 unspecified atom stereocenters. The first-order valence-electron chi connectivity index (χ1n) is 6.89. The van der Waals surface area contributed by atoms with E-state index in [2.05, 4.69) is 37.9 Å². The summed E-state index contributed by atoms with van der Waals surface area (Å²) in [4.78, 5) is 2.33. The molecule has 0 bridgehead atoms. The predicted molar refractivity (Wildman–Crippen MR) is 76.5 cm³/mol. The lowest BCUT2D eigenvalue weighted by atomic mass is 10.1. The first-order valence-corrected chi connectivity index (χ1v) is 6.89. The van der Waals surface area contributed by atoms with Gasteiger partial charge in [0.2, 0.25) is 6.79 Å². The van der Waals surface area contributed by atoms with E-state index in [0.29, 0.717) is 12.8 Å². The van der Waals surface area contributed by atoms with Crippen LogP contribution in [0.2, 0.25) is 0 Å². The van der Waals surface area contributed by atoms with Gasteiger partial charge in [-0.05, 0) is 63.5 Å². The number of nitrogens with two attached hydrogens (primary N) is 1. The number of nitrogens with zero attached hydrogens (tertiary/aromatic N) is 1. The lowest BCUT2D eigenvalue weighted by Gasteiger charge is -2.18. The Morgan fingerprint density at radius 1 is 1.32 bits per heavy atom. The van der Waals surface area contributed by atoms with E-state index in [0.717, 1.165) is 37.4 Å². The fourth-order valence-corrected chi connectivity index (χ4v) is 2.31. The quantitative estimate of drug-likeness (QED) is 0.856. The second kappa shape index (κ2) is 6.26. The van der Waals surface area contributed by atoms with Gasteiger partial charge in [0.05, 0.1) is 0 Å². The number of rotatable bonds is 6. The highest BCUT2D eigenvalue weighted by Crippen LogP contribution is 2.34. The molecule has 0 saturated heterocycles. The second-order valence-corrected chi connectivity index (χ2v) is 5.49. The van der Waals surface area contributed by atoms with E-state index >= 15 is 0 Å². The molecule has 0 spiro atoms. The van der Waals surface area contributed by atoms with E-state index in [9.17, 15) is 0 Å². The summed E-state index contributed by atoms with van der Waals surface area (Å²) >= 11 is 0. The van der Waals surface area contributed by atoms with Crippen LogP contribution in [0.1, 0.15) is 30.9 Å². The number of aryl methyl sites for hydroxylation is 1. The van der Waals surface area contributed by atoms with Crippen LogP contribution in [0, 0.1) is 6.92 Å². The van der Waals surface area contributed by atoms with E-state index in [-0.39, 0.29) is 0 Å². The van der Waals surface area contributed by atoms with Gasteiger partial charge in [0.25, 0.3) is 0 Å². The summed E-state index contributed by atoms with van der Waals surface area (Å²) in [6, 6.07) is 4.45. The molecular weight excluding hydrogens is 240 g/mol. The molecule has 4 nitrogen and oxygen atoms in total. The molecular formula is C15H24N2O2. The Hall–Kier alpha value is -1.26. The number of hydrogen-bond donors (Lipinski definition) is 1. The van der Waals surface area contributed by atoms with Crippen LogP contribution < -0.4 is 15.2 Å². The van der Waals surface area contributed by atoms with Crippen molar-refractivity contribution < 1.29 is 9.47 Å². The molecule has 0 aromatic heterocycles. The van der Waals surface area contributed by atoms with Crippen LogP contribution in [-0.2, 0) is 6.54 Å². The molecule has 1 aromatic carbocycles. The van der Waals surface area contributed by atoms with Crippen molar-refractivity contribution in [2.24, 2.45) is 5.73 Å². The number of hydrogen-bond acceptors (Lipinski definition) is 4. The van der Waals surface area contributed by atoms with Crippen LogP contribution in [0.3, 0.4) is 0 Å². The standard InChI is InChI=1S/C15H24N2O2/c1-11-7-14-15(19-10-18-14)8-13(11)9-17(3)6-4-5-12(2)16/h7-8,12H,4-6,9-10,16H2,1-3H3. The van der Waals surface area contributed by atoms with Crippen LogP contribution in [0.25, 0.3) is 0 Å². The minimum absolute atomic E-state index is 0.292. The molecule has 4 heteroatoms. The lowest BCUT2D eigenvalue weighted by Crippen LogP contribution is -2.22. The minimum Gasteiger partial charge on any atom is -0.454 e. The lowest BCUT2D eigenvalue weighted by molar-refractivity contribution is 0.174. The van der Waals surface area contributed by atoms with Crippen LogP contribution in [-0.4, -0.2) is 31.3 Å². The maximum absolute atomic E-state index is 5.77. The first-order chi connectivity index (χ1) is 9.06. The van der Waals surface area contributed by atoms with Gasteiger partial charge in [0, 0.05) is 12.6 Å². The SMILES string of the molecule is Cc1cc2c(cc1CN(C)CCCC(C)N)OCO2. The van der Waals surface area contributed by atoms with Gasteiger partial charge in [-0.15, -0.1) is 0 Å². The molecule has 1 aromatic rings. The summed E-state index contributed by atoms with van der Waals surface area (Å²) in [7, 11) is 2.14. The number of ether oxygens (including phenoxy) is 2.